The highest BCUT2D eigenvalue weighted by molar-refractivity contribution is 5.90. The highest BCUT2D eigenvalue weighted by atomic mass is 16.2. The fourth-order valence-electron chi connectivity index (χ4n) is 3.01. The van der Waals surface area contributed by atoms with E-state index in [1.165, 1.54) is 23.0 Å². The van der Waals surface area contributed by atoms with Crippen molar-refractivity contribution in [3.05, 3.63) is 99.3 Å². The van der Waals surface area contributed by atoms with Crippen molar-refractivity contribution in [3.63, 3.8) is 0 Å². The Labute approximate surface area is 177 Å². The monoisotopic (exact) mass is 413 g/mol. The SMILES string of the molecule is Cc1ccc(-c2cc(=O)n(CC(=O)Nc3ccc(-c4ccc(=O)[nH]n4)cc3)cn2)cc1. The summed E-state index contributed by atoms with van der Waals surface area (Å²) < 4.78 is 1.26. The van der Waals surface area contributed by atoms with Crippen LogP contribution in [0, 0.1) is 6.92 Å². The average molecular weight is 413 g/mol. The first-order valence-electron chi connectivity index (χ1n) is 9.57. The molecule has 0 radical (unpaired) electrons. The third-order valence-electron chi connectivity index (χ3n) is 4.68. The summed E-state index contributed by atoms with van der Waals surface area (Å²) in [5.74, 6) is -0.345. The maximum atomic E-state index is 12.4. The summed E-state index contributed by atoms with van der Waals surface area (Å²) in [6, 6.07) is 19.2. The molecule has 0 fully saturated rings. The summed E-state index contributed by atoms with van der Waals surface area (Å²) in [6.45, 7) is 1.84. The molecule has 2 aromatic carbocycles. The molecule has 154 valence electrons. The number of nitrogens with zero attached hydrogens (tertiary/aromatic N) is 3. The molecule has 0 spiro atoms. The highest BCUT2D eigenvalue weighted by Gasteiger charge is 2.08. The van der Waals surface area contributed by atoms with E-state index in [9.17, 15) is 14.4 Å². The average Bonchev–Trinajstić information content (AvgIpc) is 2.77. The Balaban J connectivity index is 1.42. The molecule has 31 heavy (non-hydrogen) atoms. The van der Waals surface area contributed by atoms with Gasteiger partial charge in [-0.2, -0.15) is 5.10 Å². The van der Waals surface area contributed by atoms with Gasteiger partial charge in [0.25, 0.3) is 11.1 Å². The fraction of sp³-hybridized carbons (Fsp3) is 0.0870. The van der Waals surface area contributed by atoms with Crippen molar-refractivity contribution in [1.82, 2.24) is 19.7 Å². The van der Waals surface area contributed by atoms with Crippen molar-refractivity contribution >= 4 is 11.6 Å². The first-order valence-corrected chi connectivity index (χ1v) is 9.57. The Morgan fingerprint density at radius 3 is 2.26 bits per heavy atom. The highest BCUT2D eigenvalue weighted by Crippen LogP contribution is 2.18. The standard InChI is InChI=1S/C23H19N5O3/c1-15-2-4-17(5-3-15)20-12-23(31)28(14-24-20)13-22(30)25-18-8-6-16(7-9-18)19-10-11-21(29)27-26-19/h2-12,14H,13H2,1H3,(H,25,30)(H,27,29). The van der Waals surface area contributed by atoms with Gasteiger partial charge in [0, 0.05) is 28.9 Å². The van der Waals surface area contributed by atoms with Crippen molar-refractivity contribution in [2.45, 2.75) is 13.5 Å². The Morgan fingerprint density at radius 1 is 0.935 bits per heavy atom. The van der Waals surface area contributed by atoms with Gasteiger partial charge in [-0.05, 0) is 25.1 Å². The summed E-state index contributed by atoms with van der Waals surface area (Å²) in [6.07, 6.45) is 1.38. The van der Waals surface area contributed by atoms with Gasteiger partial charge < -0.3 is 5.32 Å². The minimum absolute atomic E-state index is 0.150. The molecule has 4 rings (SSSR count). The number of aryl methyl sites for hydroxylation is 1. The van der Waals surface area contributed by atoms with Crippen molar-refractivity contribution in [2.24, 2.45) is 0 Å². The van der Waals surface area contributed by atoms with E-state index in [1.54, 1.807) is 30.3 Å². The van der Waals surface area contributed by atoms with E-state index in [4.69, 9.17) is 0 Å². The summed E-state index contributed by atoms with van der Waals surface area (Å²) >= 11 is 0. The zero-order valence-electron chi connectivity index (χ0n) is 16.7. The molecule has 0 aliphatic heterocycles. The van der Waals surface area contributed by atoms with E-state index in [1.807, 2.05) is 31.2 Å². The van der Waals surface area contributed by atoms with Gasteiger partial charge in [-0.1, -0.05) is 42.0 Å². The van der Waals surface area contributed by atoms with E-state index in [2.05, 4.69) is 20.5 Å². The molecule has 2 aromatic heterocycles. The number of anilines is 1. The quantitative estimate of drug-likeness (QED) is 0.523. The van der Waals surface area contributed by atoms with Gasteiger partial charge in [0.2, 0.25) is 5.91 Å². The summed E-state index contributed by atoms with van der Waals surface area (Å²) in [7, 11) is 0. The maximum absolute atomic E-state index is 12.4. The van der Waals surface area contributed by atoms with E-state index >= 15 is 0 Å². The second-order valence-electron chi connectivity index (χ2n) is 7.04. The van der Waals surface area contributed by atoms with E-state index in [0.29, 0.717) is 17.1 Å². The molecule has 4 aromatic rings. The van der Waals surface area contributed by atoms with Crippen LogP contribution in [0.4, 0.5) is 5.69 Å². The van der Waals surface area contributed by atoms with Gasteiger partial charge in [0.05, 0.1) is 17.7 Å². The Kier molecular flexibility index (Phi) is 5.53. The van der Waals surface area contributed by atoms with Crippen LogP contribution >= 0.6 is 0 Å². The summed E-state index contributed by atoms with van der Waals surface area (Å²) in [5, 5.41) is 9.10. The second kappa shape index (κ2) is 8.58. The minimum Gasteiger partial charge on any atom is -0.325 e. The third kappa shape index (κ3) is 4.81. The molecule has 0 bridgehead atoms. The Hall–Kier alpha value is -4.33. The van der Waals surface area contributed by atoms with Crippen molar-refractivity contribution in [2.75, 3.05) is 5.32 Å². The van der Waals surface area contributed by atoms with E-state index in [0.717, 1.165) is 16.7 Å². The number of aromatic nitrogens is 4. The third-order valence-corrected chi connectivity index (χ3v) is 4.68. The summed E-state index contributed by atoms with van der Waals surface area (Å²) in [4.78, 5) is 40.2. The van der Waals surface area contributed by atoms with Gasteiger partial charge in [-0.3, -0.25) is 19.0 Å². The number of benzene rings is 2. The smallest absolute Gasteiger partial charge is 0.264 e. The zero-order chi connectivity index (χ0) is 21.8. The van der Waals surface area contributed by atoms with Crippen molar-refractivity contribution < 1.29 is 4.79 Å². The lowest BCUT2D eigenvalue weighted by Crippen LogP contribution is -2.27. The van der Waals surface area contributed by atoms with Crippen LogP contribution in [-0.4, -0.2) is 25.7 Å². The number of hydrogen-bond acceptors (Lipinski definition) is 5. The first kappa shape index (κ1) is 20.0. The first-order chi connectivity index (χ1) is 15.0. The lowest BCUT2D eigenvalue weighted by Gasteiger charge is -2.09. The number of aromatic amines is 1. The van der Waals surface area contributed by atoms with Crippen LogP contribution < -0.4 is 16.4 Å². The van der Waals surface area contributed by atoms with Crippen LogP contribution in [0.5, 0.6) is 0 Å². The Morgan fingerprint density at radius 2 is 1.61 bits per heavy atom. The molecule has 0 aliphatic rings. The molecule has 0 saturated carbocycles. The van der Waals surface area contributed by atoms with Crippen LogP contribution in [0.25, 0.3) is 22.5 Å². The van der Waals surface area contributed by atoms with Gasteiger partial charge in [-0.25, -0.2) is 10.1 Å². The van der Waals surface area contributed by atoms with Crippen molar-refractivity contribution in [1.29, 1.82) is 0 Å². The Bertz CT molecular complexity index is 1320. The van der Waals surface area contributed by atoms with Crippen LogP contribution in [0.15, 0.2) is 82.6 Å². The van der Waals surface area contributed by atoms with Gasteiger partial charge in [-0.15, -0.1) is 0 Å². The number of H-pyrrole nitrogens is 1. The number of hydrogen-bond donors (Lipinski definition) is 2. The summed E-state index contributed by atoms with van der Waals surface area (Å²) in [5.41, 5.74) is 3.94. The van der Waals surface area contributed by atoms with E-state index in [-0.39, 0.29) is 23.6 Å². The molecular weight excluding hydrogens is 394 g/mol. The van der Waals surface area contributed by atoms with Crippen molar-refractivity contribution in [3.8, 4) is 22.5 Å². The molecule has 2 heterocycles. The van der Waals surface area contributed by atoms with Crippen LogP contribution in [0.2, 0.25) is 0 Å². The normalized spacial score (nSPS) is 10.6. The predicted molar refractivity (Wildman–Crippen MR) is 118 cm³/mol. The molecular formula is C23H19N5O3. The molecule has 0 saturated heterocycles. The lowest BCUT2D eigenvalue weighted by atomic mass is 10.1. The zero-order valence-corrected chi connectivity index (χ0v) is 16.7. The minimum atomic E-state index is -0.345. The van der Waals surface area contributed by atoms with Crippen LogP contribution in [-0.2, 0) is 11.3 Å². The molecule has 0 unspecified atom stereocenters. The van der Waals surface area contributed by atoms with Gasteiger partial charge in [0.15, 0.2) is 0 Å². The maximum Gasteiger partial charge on any atom is 0.264 e. The van der Waals surface area contributed by atoms with Gasteiger partial charge >= 0.3 is 0 Å². The van der Waals surface area contributed by atoms with Crippen LogP contribution in [0.1, 0.15) is 5.56 Å². The topological polar surface area (TPSA) is 110 Å². The second-order valence-corrected chi connectivity index (χ2v) is 7.04. The number of amides is 1. The van der Waals surface area contributed by atoms with Crippen LogP contribution in [0.3, 0.4) is 0 Å². The number of carbonyl (C=O) groups is 1. The number of carbonyl (C=O) groups excluding carboxylic acids is 1. The molecule has 8 nitrogen and oxygen atoms in total. The predicted octanol–water partition coefficient (Wildman–Crippen LogP) is 2.61. The molecule has 1 amide bonds. The molecule has 0 atom stereocenters. The largest absolute Gasteiger partial charge is 0.325 e. The molecule has 2 N–H and O–H groups in total. The number of rotatable bonds is 5. The molecule has 8 heteroatoms. The molecule has 0 aliphatic carbocycles. The number of nitrogens with one attached hydrogen (secondary N) is 2. The fourth-order valence-corrected chi connectivity index (χ4v) is 3.01. The van der Waals surface area contributed by atoms with E-state index < -0.39 is 0 Å². The van der Waals surface area contributed by atoms with Gasteiger partial charge in [0.1, 0.15) is 6.54 Å². The lowest BCUT2D eigenvalue weighted by molar-refractivity contribution is -0.116.